The van der Waals surface area contributed by atoms with E-state index in [9.17, 15) is 9.59 Å². The first-order valence-electron chi connectivity index (χ1n) is 5.06. The minimum atomic E-state index is -0.290. The first-order chi connectivity index (χ1) is 7.11. The molecule has 2 fully saturated rings. The highest BCUT2D eigenvalue weighted by molar-refractivity contribution is 9.09. The Morgan fingerprint density at radius 2 is 2.40 bits per heavy atom. The fraction of sp³-hybridized carbons (Fsp3) is 0.800. The minimum Gasteiger partial charge on any atom is -0.458 e. The minimum absolute atomic E-state index is 0.147. The molecule has 0 aromatic heterocycles. The quantitative estimate of drug-likeness (QED) is 0.563. The van der Waals surface area contributed by atoms with Gasteiger partial charge in [-0.1, -0.05) is 22.9 Å². The van der Waals surface area contributed by atoms with E-state index in [1.807, 2.05) is 6.92 Å². The van der Waals surface area contributed by atoms with Crippen LogP contribution in [-0.4, -0.2) is 29.5 Å². The topological polar surface area (TPSA) is 52.6 Å². The summed E-state index contributed by atoms with van der Waals surface area (Å²) in [6.45, 7) is 2.03. The molecular formula is C10H13BrO4. The third-order valence-corrected chi connectivity index (χ3v) is 3.55. The maximum atomic E-state index is 11.2. The Labute approximate surface area is 96.4 Å². The van der Waals surface area contributed by atoms with Crippen LogP contribution < -0.4 is 0 Å². The van der Waals surface area contributed by atoms with Crippen molar-refractivity contribution >= 4 is 27.9 Å². The predicted octanol–water partition coefficient (Wildman–Crippen LogP) is 1.26. The molecule has 4 unspecified atom stereocenters. The summed E-state index contributed by atoms with van der Waals surface area (Å²) in [5.41, 5.74) is 0. The number of hydrogen-bond acceptors (Lipinski definition) is 4. The molecule has 0 N–H and O–H groups in total. The largest absolute Gasteiger partial charge is 0.458 e. The molecule has 2 aliphatic rings. The van der Waals surface area contributed by atoms with E-state index in [0.29, 0.717) is 6.42 Å². The summed E-state index contributed by atoms with van der Waals surface area (Å²) in [5, 5.41) is 0.186. The number of rotatable bonds is 2. The van der Waals surface area contributed by atoms with E-state index in [2.05, 4.69) is 15.9 Å². The molecule has 0 aromatic carbocycles. The highest BCUT2D eigenvalue weighted by Gasteiger charge is 2.50. The van der Waals surface area contributed by atoms with Crippen molar-refractivity contribution in [2.45, 2.75) is 32.0 Å². The normalized spacial score (nSPS) is 38.7. The van der Waals surface area contributed by atoms with Gasteiger partial charge in [-0.15, -0.1) is 0 Å². The number of fused-ring (bicyclic) bond motifs is 2. The van der Waals surface area contributed by atoms with E-state index < -0.39 is 0 Å². The average Bonchev–Trinajstić information content (AvgIpc) is 2.37. The summed E-state index contributed by atoms with van der Waals surface area (Å²) in [5.74, 6) is -0.0219. The van der Waals surface area contributed by atoms with Crippen LogP contribution in [0.25, 0.3) is 0 Å². The third kappa shape index (κ3) is 2.02. The molecule has 15 heavy (non-hydrogen) atoms. The van der Waals surface area contributed by atoms with E-state index in [1.54, 1.807) is 0 Å². The van der Waals surface area contributed by atoms with Crippen molar-refractivity contribution in [3.05, 3.63) is 0 Å². The van der Waals surface area contributed by atoms with E-state index in [4.69, 9.17) is 9.47 Å². The van der Waals surface area contributed by atoms with Crippen molar-refractivity contribution in [1.82, 2.24) is 0 Å². The van der Waals surface area contributed by atoms with E-state index in [0.717, 1.165) is 6.42 Å². The number of halogens is 1. The van der Waals surface area contributed by atoms with Gasteiger partial charge in [-0.3, -0.25) is 9.59 Å². The van der Waals surface area contributed by atoms with Crippen molar-refractivity contribution in [3.63, 3.8) is 0 Å². The molecule has 1 saturated heterocycles. The molecule has 84 valence electrons. The lowest BCUT2D eigenvalue weighted by atomic mass is 9.99. The van der Waals surface area contributed by atoms with Gasteiger partial charge in [0.1, 0.15) is 17.5 Å². The monoisotopic (exact) mass is 276 g/mol. The van der Waals surface area contributed by atoms with E-state index >= 15 is 0 Å². The molecule has 4 nitrogen and oxygen atoms in total. The van der Waals surface area contributed by atoms with Gasteiger partial charge in [-0.25, -0.2) is 0 Å². The van der Waals surface area contributed by atoms with Gasteiger partial charge in [0.25, 0.3) is 0 Å². The highest BCUT2D eigenvalue weighted by Crippen LogP contribution is 2.41. The molecule has 0 aromatic rings. The Morgan fingerprint density at radius 1 is 1.67 bits per heavy atom. The van der Waals surface area contributed by atoms with Gasteiger partial charge in [-0.2, -0.15) is 0 Å². The predicted molar refractivity (Wildman–Crippen MR) is 55.4 cm³/mol. The van der Waals surface area contributed by atoms with Crippen LogP contribution in [0, 0.1) is 11.8 Å². The number of esters is 2. The van der Waals surface area contributed by atoms with Crippen LogP contribution in [0.4, 0.5) is 0 Å². The summed E-state index contributed by atoms with van der Waals surface area (Å²) in [6.07, 6.45) is 0.805. The summed E-state index contributed by atoms with van der Waals surface area (Å²) < 4.78 is 10.5. The third-order valence-electron chi connectivity index (χ3n) is 3.10. The summed E-state index contributed by atoms with van der Waals surface area (Å²) in [4.78, 5) is 22.4. The fourth-order valence-electron chi connectivity index (χ4n) is 2.48. The standard InChI is InChI=1S/C10H13BrO4/c1-5-2-6-3-7(12)14-9(5)10(6)15-8(13)4-11/h5-6,9-10H,2-4H2,1H3. The van der Waals surface area contributed by atoms with Crippen LogP contribution >= 0.6 is 15.9 Å². The molecule has 0 radical (unpaired) electrons. The first-order valence-corrected chi connectivity index (χ1v) is 6.19. The first kappa shape index (κ1) is 10.9. The van der Waals surface area contributed by atoms with E-state index in [-0.39, 0.29) is 41.3 Å². The van der Waals surface area contributed by atoms with Gasteiger partial charge in [0, 0.05) is 5.92 Å². The SMILES string of the molecule is CC1CC2CC(=O)OC1C2OC(=O)CBr. The van der Waals surface area contributed by atoms with Gasteiger partial charge in [0.2, 0.25) is 0 Å². The Balaban J connectivity index is 2.07. The lowest BCUT2D eigenvalue weighted by Gasteiger charge is -2.29. The van der Waals surface area contributed by atoms with Crippen LogP contribution in [0.5, 0.6) is 0 Å². The molecular weight excluding hydrogens is 264 g/mol. The zero-order chi connectivity index (χ0) is 11.0. The van der Waals surface area contributed by atoms with Crippen LogP contribution in [0.3, 0.4) is 0 Å². The van der Waals surface area contributed by atoms with Gasteiger partial charge in [0.15, 0.2) is 0 Å². The number of ether oxygens (including phenoxy) is 2. The van der Waals surface area contributed by atoms with E-state index in [1.165, 1.54) is 0 Å². The molecule has 1 heterocycles. The second-order valence-corrected chi connectivity index (χ2v) is 4.78. The molecule has 0 spiro atoms. The Kier molecular flexibility index (Phi) is 3.00. The molecule has 0 amide bonds. The zero-order valence-electron chi connectivity index (χ0n) is 8.44. The fourth-order valence-corrected chi connectivity index (χ4v) is 2.61. The second-order valence-electron chi connectivity index (χ2n) is 4.22. The van der Waals surface area contributed by atoms with Gasteiger partial charge in [-0.05, 0) is 12.3 Å². The summed E-state index contributed by atoms with van der Waals surface area (Å²) in [7, 11) is 0. The van der Waals surface area contributed by atoms with Crippen molar-refractivity contribution in [2.24, 2.45) is 11.8 Å². The second kappa shape index (κ2) is 4.12. The maximum Gasteiger partial charge on any atom is 0.316 e. The number of hydrogen-bond donors (Lipinski definition) is 0. The van der Waals surface area contributed by atoms with Crippen LogP contribution in [-0.2, 0) is 19.1 Å². The van der Waals surface area contributed by atoms with Crippen molar-refractivity contribution < 1.29 is 19.1 Å². The molecule has 1 saturated carbocycles. The van der Waals surface area contributed by atoms with Crippen LogP contribution in [0.2, 0.25) is 0 Å². The average molecular weight is 277 g/mol. The van der Waals surface area contributed by atoms with Crippen LogP contribution in [0.1, 0.15) is 19.8 Å². The molecule has 2 rings (SSSR count). The maximum absolute atomic E-state index is 11.2. The Hall–Kier alpha value is -0.580. The molecule has 2 bridgehead atoms. The smallest absolute Gasteiger partial charge is 0.316 e. The number of alkyl halides is 1. The number of carbonyl (C=O) groups excluding carboxylic acids is 2. The summed E-state index contributed by atoms with van der Waals surface area (Å²) in [6, 6.07) is 0. The van der Waals surface area contributed by atoms with Crippen LogP contribution in [0.15, 0.2) is 0 Å². The lowest BCUT2D eigenvalue weighted by Crippen LogP contribution is -2.41. The molecule has 1 aliphatic carbocycles. The van der Waals surface area contributed by atoms with Crippen molar-refractivity contribution in [2.75, 3.05) is 5.33 Å². The number of carbonyl (C=O) groups is 2. The summed E-state index contributed by atoms with van der Waals surface area (Å²) >= 11 is 3.05. The Bertz CT molecular complexity index is 291. The molecule has 5 heteroatoms. The lowest BCUT2D eigenvalue weighted by molar-refractivity contribution is -0.177. The Morgan fingerprint density at radius 3 is 3.00 bits per heavy atom. The van der Waals surface area contributed by atoms with Gasteiger partial charge in [0.05, 0.1) is 6.42 Å². The van der Waals surface area contributed by atoms with Gasteiger partial charge < -0.3 is 9.47 Å². The molecule has 1 aliphatic heterocycles. The zero-order valence-corrected chi connectivity index (χ0v) is 10.0. The van der Waals surface area contributed by atoms with Crippen molar-refractivity contribution in [1.29, 1.82) is 0 Å². The van der Waals surface area contributed by atoms with Crippen molar-refractivity contribution in [3.8, 4) is 0 Å². The highest BCUT2D eigenvalue weighted by atomic mass is 79.9. The molecule has 4 atom stereocenters. The van der Waals surface area contributed by atoms with Gasteiger partial charge >= 0.3 is 11.9 Å².